The summed E-state index contributed by atoms with van der Waals surface area (Å²) in [6.45, 7) is 3.81. The van der Waals surface area contributed by atoms with Crippen LogP contribution in [0.4, 0.5) is 11.8 Å². The van der Waals surface area contributed by atoms with Gasteiger partial charge in [-0.3, -0.25) is 5.43 Å². The van der Waals surface area contributed by atoms with Crippen LogP contribution in [0.15, 0.2) is 24.8 Å². The second kappa shape index (κ2) is 6.06. The summed E-state index contributed by atoms with van der Waals surface area (Å²) < 4.78 is 2.05. The lowest BCUT2D eigenvalue weighted by Crippen LogP contribution is -2.13. The van der Waals surface area contributed by atoms with Gasteiger partial charge in [-0.1, -0.05) is 0 Å². The molecule has 0 unspecified atom stereocenters. The molecule has 3 aromatic rings. The maximum Gasteiger partial charge on any atom is 0.240 e. The van der Waals surface area contributed by atoms with Gasteiger partial charge in [0.25, 0.3) is 0 Å². The standard InChI is InChI=1S/C13H17N7S/c1-9-7-10-11(17-13(19-14)18-12(10)21-9)16-3-2-5-20-6-4-15-8-20/h4,6-8H,2-3,5,14H2,1H3,(H2,16,17,18,19). The predicted octanol–water partition coefficient (Wildman–Crippen LogP) is 1.98. The van der Waals surface area contributed by atoms with Crippen LogP contribution in [0, 0.1) is 6.92 Å². The van der Waals surface area contributed by atoms with Crippen LogP contribution in [-0.2, 0) is 6.54 Å². The van der Waals surface area contributed by atoms with E-state index in [1.54, 1.807) is 17.5 Å². The van der Waals surface area contributed by atoms with Crippen molar-refractivity contribution in [2.24, 2.45) is 5.84 Å². The van der Waals surface area contributed by atoms with Crippen LogP contribution < -0.4 is 16.6 Å². The van der Waals surface area contributed by atoms with Crippen molar-refractivity contribution in [1.82, 2.24) is 19.5 Å². The predicted molar refractivity (Wildman–Crippen MR) is 85.3 cm³/mol. The third kappa shape index (κ3) is 3.11. The molecule has 0 aromatic carbocycles. The number of imidazole rings is 1. The molecule has 0 bridgehead atoms. The van der Waals surface area contributed by atoms with Crippen molar-refractivity contribution in [3.63, 3.8) is 0 Å². The molecule has 4 N–H and O–H groups in total. The smallest absolute Gasteiger partial charge is 0.240 e. The Hall–Kier alpha value is -2.19. The number of nitrogens with one attached hydrogen (secondary N) is 2. The number of nitrogens with zero attached hydrogens (tertiary/aromatic N) is 4. The van der Waals surface area contributed by atoms with Crippen molar-refractivity contribution < 1.29 is 0 Å². The zero-order valence-corrected chi connectivity index (χ0v) is 12.5. The maximum atomic E-state index is 5.43. The van der Waals surface area contributed by atoms with E-state index in [1.165, 1.54) is 4.88 Å². The van der Waals surface area contributed by atoms with Gasteiger partial charge in [0.2, 0.25) is 5.95 Å². The largest absolute Gasteiger partial charge is 0.369 e. The molecule has 0 radical (unpaired) electrons. The van der Waals surface area contributed by atoms with Gasteiger partial charge in [0, 0.05) is 30.4 Å². The molecule has 0 amide bonds. The van der Waals surface area contributed by atoms with Gasteiger partial charge < -0.3 is 9.88 Å². The van der Waals surface area contributed by atoms with E-state index in [1.807, 2.05) is 12.5 Å². The Morgan fingerprint density at radius 2 is 2.29 bits per heavy atom. The van der Waals surface area contributed by atoms with Crippen molar-refractivity contribution in [3.05, 3.63) is 29.7 Å². The van der Waals surface area contributed by atoms with Crippen molar-refractivity contribution in [2.75, 3.05) is 17.3 Å². The van der Waals surface area contributed by atoms with Crippen LogP contribution >= 0.6 is 11.3 Å². The lowest BCUT2D eigenvalue weighted by atomic mass is 10.3. The summed E-state index contributed by atoms with van der Waals surface area (Å²) in [7, 11) is 0. The molecule has 8 heteroatoms. The summed E-state index contributed by atoms with van der Waals surface area (Å²) in [4.78, 5) is 14.9. The van der Waals surface area contributed by atoms with E-state index in [4.69, 9.17) is 5.84 Å². The molecule has 0 aliphatic heterocycles. The molecule has 3 heterocycles. The highest BCUT2D eigenvalue weighted by Gasteiger charge is 2.09. The second-order valence-electron chi connectivity index (χ2n) is 4.70. The first-order valence-corrected chi connectivity index (χ1v) is 7.52. The van der Waals surface area contributed by atoms with E-state index in [0.717, 1.165) is 35.5 Å². The molecule has 3 rings (SSSR count). The number of fused-ring (bicyclic) bond motifs is 1. The average Bonchev–Trinajstić information content (AvgIpc) is 3.11. The van der Waals surface area contributed by atoms with Gasteiger partial charge in [0.15, 0.2) is 0 Å². The lowest BCUT2D eigenvalue weighted by molar-refractivity contribution is 0.660. The zero-order chi connectivity index (χ0) is 14.7. The fraction of sp³-hybridized carbons (Fsp3) is 0.308. The Labute approximate surface area is 126 Å². The molecule has 0 saturated heterocycles. The molecular weight excluding hydrogens is 286 g/mol. The first kappa shape index (κ1) is 13.8. The Morgan fingerprint density at radius 1 is 1.38 bits per heavy atom. The van der Waals surface area contributed by atoms with Crippen molar-refractivity contribution in [3.8, 4) is 0 Å². The van der Waals surface area contributed by atoms with Crippen LogP contribution in [0.5, 0.6) is 0 Å². The van der Waals surface area contributed by atoms with Gasteiger partial charge in [-0.15, -0.1) is 11.3 Å². The van der Waals surface area contributed by atoms with E-state index in [9.17, 15) is 0 Å². The van der Waals surface area contributed by atoms with Crippen LogP contribution in [-0.4, -0.2) is 26.1 Å². The van der Waals surface area contributed by atoms with Crippen molar-refractivity contribution >= 4 is 33.3 Å². The minimum atomic E-state index is 0.432. The normalized spacial score (nSPS) is 11.0. The number of hydrogen-bond donors (Lipinski definition) is 3. The van der Waals surface area contributed by atoms with Gasteiger partial charge >= 0.3 is 0 Å². The number of aryl methyl sites for hydroxylation is 2. The average molecular weight is 303 g/mol. The lowest BCUT2D eigenvalue weighted by Gasteiger charge is -2.08. The molecule has 110 valence electrons. The molecule has 3 aromatic heterocycles. The highest BCUT2D eigenvalue weighted by atomic mass is 32.1. The van der Waals surface area contributed by atoms with Crippen LogP contribution in [0.1, 0.15) is 11.3 Å². The molecule has 0 atom stereocenters. The van der Waals surface area contributed by atoms with E-state index in [2.05, 4.69) is 43.3 Å². The number of rotatable bonds is 6. The van der Waals surface area contributed by atoms with Crippen molar-refractivity contribution in [1.29, 1.82) is 0 Å². The van der Waals surface area contributed by atoms with E-state index < -0.39 is 0 Å². The minimum Gasteiger partial charge on any atom is -0.369 e. The zero-order valence-electron chi connectivity index (χ0n) is 11.7. The highest BCUT2D eigenvalue weighted by Crippen LogP contribution is 2.29. The van der Waals surface area contributed by atoms with Crippen LogP contribution in [0.25, 0.3) is 10.2 Å². The van der Waals surface area contributed by atoms with E-state index in [-0.39, 0.29) is 0 Å². The fourth-order valence-corrected chi connectivity index (χ4v) is 3.01. The molecule has 7 nitrogen and oxygen atoms in total. The van der Waals surface area contributed by atoms with Crippen LogP contribution in [0.2, 0.25) is 0 Å². The number of hydrazine groups is 1. The van der Waals surface area contributed by atoms with Crippen LogP contribution in [0.3, 0.4) is 0 Å². The van der Waals surface area contributed by atoms with Gasteiger partial charge in [0.05, 0.1) is 11.7 Å². The molecular formula is C13H17N7S. The van der Waals surface area contributed by atoms with Crippen molar-refractivity contribution in [2.45, 2.75) is 19.9 Å². The maximum absolute atomic E-state index is 5.43. The minimum absolute atomic E-state index is 0.432. The first-order valence-electron chi connectivity index (χ1n) is 6.70. The SMILES string of the molecule is Cc1cc2c(NCCCn3ccnc3)nc(NN)nc2s1. The molecule has 0 saturated carbocycles. The molecule has 0 fully saturated rings. The number of nitrogens with two attached hydrogens (primary N) is 1. The molecule has 0 spiro atoms. The molecule has 21 heavy (non-hydrogen) atoms. The Bertz CT molecular complexity index is 720. The van der Waals surface area contributed by atoms with E-state index in [0.29, 0.717) is 5.95 Å². The monoisotopic (exact) mass is 303 g/mol. The second-order valence-corrected chi connectivity index (χ2v) is 5.93. The number of thiophene rings is 1. The number of anilines is 2. The third-order valence-corrected chi connectivity index (χ3v) is 4.03. The quantitative estimate of drug-likeness (QED) is 0.366. The summed E-state index contributed by atoms with van der Waals surface area (Å²) in [5.74, 6) is 6.68. The molecule has 0 aliphatic rings. The number of hydrogen-bond acceptors (Lipinski definition) is 7. The topological polar surface area (TPSA) is 93.7 Å². The summed E-state index contributed by atoms with van der Waals surface area (Å²) in [5.41, 5.74) is 2.51. The van der Waals surface area contributed by atoms with Gasteiger partial charge in [-0.2, -0.15) is 4.98 Å². The first-order chi connectivity index (χ1) is 10.3. The Morgan fingerprint density at radius 3 is 3.05 bits per heavy atom. The summed E-state index contributed by atoms with van der Waals surface area (Å²) in [5, 5.41) is 4.41. The number of nitrogen functional groups attached to an aromatic ring is 1. The Kier molecular flexibility index (Phi) is 3.98. The van der Waals surface area contributed by atoms with Gasteiger partial charge in [-0.25, -0.2) is 15.8 Å². The third-order valence-electron chi connectivity index (χ3n) is 3.09. The molecule has 0 aliphatic carbocycles. The van der Waals surface area contributed by atoms with Gasteiger partial charge in [-0.05, 0) is 19.4 Å². The summed E-state index contributed by atoms with van der Waals surface area (Å²) in [6, 6.07) is 2.10. The Balaban J connectivity index is 1.70. The highest BCUT2D eigenvalue weighted by molar-refractivity contribution is 7.18. The number of aromatic nitrogens is 4. The summed E-state index contributed by atoms with van der Waals surface area (Å²) >= 11 is 1.63. The van der Waals surface area contributed by atoms with E-state index >= 15 is 0 Å². The fourth-order valence-electron chi connectivity index (χ4n) is 2.13. The summed E-state index contributed by atoms with van der Waals surface area (Å²) in [6.07, 6.45) is 6.55. The van der Waals surface area contributed by atoms with Gasteiger partial charge in [0.1, 0.15) is 10.6 Å².